The lowest BCUT2D eigenvalue weighted by Gasteiger charge is -2.26. The van der Waals surface area contributed by atoms with Gasteiger partial charge in [0.25, 0.3) is 5.91 Å². The van der Waals surface area contributed by atoms with Gasteiger partial charge in [0.1, 0.15) is 4.88 Å². The highest BCUT2D eigenvalue weighted by Crippen LogP contribution is 2.19. The van der Waals surface area contributed by atoms with E-state index in [1.807, 2.05) is 6.92 Å². The number of rotatable bonds is 6. The van der Waals surface area contributed by atoms with E-state index in [2.05, 4.69) is 22.1 Å². The van der Waals surface area contributed by atoms with Crippen LogP contribution in [0.2, 0.25) is 0 Å². The Morgan fingerprint density at radius 1 is 1.45 bits per heavy atom. The van der Waals surface area contributed by atoms with Gasteiger partial charge in [0, 0.05) is 26.2 Å². The molecule has 1 aliphatic heterocycles. The molecule has 0 saturated carbocycles. The Hall–Kier alpha value is -0.980. The van der Waals surface area contributed by atoms with Gasteiger partial charge in [0.15, 0.2) is 0 Å². The first kappa shape index (κ1) is 15.4. The predicted octanol–water partition coefficient (Wildman–Crippen LogP) is 1.47. The number of thiazole rings is 1. The summed E-state index contributed by atoms with van der Waals surface area (Å²) in [6, 6.07) is 0. The lowest BCUT2D eigenvalue weighted by atomic mass is 10.3. The zero-order valence-corrected chi connectivity index (χ0v) is 13.1. The summed E-state index contributed by atoms with van der Waals surface area (Å²) < 4.78 is 5.30. The summed E-state index contributed by atoms with van der Waals surface area (Å²) in [5, 5.41) is 4.05. The van der Waals surface area contributed by atoms with Crippen molar-refractivity contribution in [3.8, 4) is 0 Å². The molecule has 5 nitrogen and oxygen atoms in total. The van der Waals surface area contributed by atoms with Crippen LogP contribution in [0.25, 0.3) is 0 Å². The summed E-state index contributed by atoms with van der Waals surface area (Å²) in [5.74, 6) is 0.00983. The highest BCUT2D eigenvalue weighted by Gasteiger charge is 2.15. The van der Waals surface area contributed by atoms with E-state index in [0.717, 1.165) is 61.3 Å². The lowest BCUT2D eigenvalue weighted by Crippen LogP contribution is -2.41. The molecule has 0 aromatic carbocycles. The van der Waals surface area contributed by atoms with E-state index in [9.17, 15) is 4.79 Å². The standard InChI is InChI=1S/C14H23N3O2S/c1-3-4-12-16-11(2)13(20-12)14(18)15-5-6-17-7-9-19-10-8-17/h3-10H2,1-2H3,(H,15,18). The third kappa shape index (κ3) is 4.26. The Balaban J connectivity index is 1.79. The molecule has 0 radical (unpaired) electrons. The first-order valence-corrected chi connectivity index (χ1v) is 8.07. The minimum Gasteiger partial charge on any atom is -0.379 e. The summed E-state index contributed by atoms with van der Waals surface area (Å²) in [6.07, 6.45) is 2.01. The van der Waals surface area contributed by atoms with E-state index >= 15 is 0 Å². The van der Waals surface area contributed by atoms with Crippen molar-refractivity contribution in [3.63, 3.8) is 0 Å². The molecule has 1 saturated heterocycles. The van der Waals surface area contributed by atoms with E-state index < -0.39 is 0 Å². The van der Waals surface area contributed by atoms with Gasteiger partial charge in [-0.15, -0.1) is 11.3 Å². The Labute approximate surface area is 124 Å². The molecule has 2 rings (SSSR count). The van der Waals surface area contributed by atoms with Crippen LogP contribution in [0.3, 0.4) is 0 Å². The third-order valence-electron chi connectivity index (χ3n) is 3.33. The van der Waals surface area contributed by atoms with Gasteiger partial charge in [-0.25, -0.2) is 4.98 Å². The van der Waals surface area contributed by atoms with Gasteiger partial charge in [-0.3, -0.25) is 9.69 Å². The average molecular weight is 297 g/mol. The Kier molecular flexibility index (Phi) is 5.94. The topological polar surface area (TPSA) is 54.5 Å². The zero-order chi connectivity index (χ0) is 14.4. The van der Waals surface area contributed by atoms with Gasteiger partial charge in [0.2, 0.25) is 0 Å². The third-order valence-corrected chi connectivity index (χ3v) is 4.54. The largest absolute Gasteiger partial charge is 0.379 e. The van der Waals surface area contributed by atoms with Crippen molar-refractivity contribution in [2.24, 2.45) is 0 Å². The van der Waals surface area contributed by atoms with E-state index in [4.69, 9.17) is 4.74 Å². The molecule has 2 heterocycles. The number of aryl methyl sites for hydroxylation is 2. The normalized spacial score (nSPS) is 16.3. The van der Waals surface area contributed by atoms with E-state index in [0.29, 0.717) is 6.54 Å². The molecule has 20 heavy (non-hydrogen) atoms. The van der Waals surface area contributed by atoms with Crippen LogP contribution in [0.15, 0.2) is 0 Å². The number of carbonyl (C=O) groups excluding carboxylic acids is 1. The number of nitrogens with zero attached hydrogens (tertiary/aromatic N) is 2. The smallest absolute Gasteiger partial charge is 0.263 e. The molecule has 0 unspecified atom stereocenters. The number of morpholine rings is 1. The Morgan fingerprint density at radius 2 is 2.20 bits per heavy atom. The first-order chi connectivity index (χ1) is 9.70. The van der Waals surface area contributed by atoms with Gasteiger partial charge in [0.05, 0.1) is 23.9 Å². The van der Waals surface area contributed by atoms with Gasteiger partial charge in [-0.1, -0.05) is 6.92 Å². The summed E-state index contributed by atoms with van der Waals surface area (Å²) in [4.78, 5) is 19.7. The van der Waals surface area contributed by atoms with Crippen molar-refractivity contribution in [1.29, 1.82) is 0 Å². The summed E-state index contributed by atoms with van der Waals surface area (Å²) in [7, 11) is 0. The van der Waals surface area contributed by atoms with Crippen LogP contribution in [0, 0.1) is 6.92 Å². The second kappa shape index (κ2) is 7.71. The minimum atomic E-state index is 0.00983. The average Bonchev–Trinajstić information content (AvgIpc) is 2.81. The highest BCUT2D eigenvalue weighted by atomic mass is 32.1. The van der Waals surface area contributed by atoms with Crippen LogP contribution in [-0.2, 0) is 11.2 Å². The van der Waals surface area contributed by atoms with Gasteiger partial charge in [-0.05, 0) is 19.8 Å². The number of nitrogens with one attached hydrogen (secondary N) is 1. The van der Waals surface area contributed by atoms with Crippen LogP contribution < -0.4 is 5.32 Å². The molecule has 0 bridgehead atoms. The zero-order valence-electron chi connectivity index (χ0n) is 12.3. The van der Waals surface area contributed by atoms with Crippen LogP contribution in [0.1, 0.15) is 33.7 Å². The van der Waals surface area contributed by atoms with E-state index in [1.54, 1.807) is 0 Å². The Morgan fingerprint density at radius 3 is 2.90 bits per heavy atom. The predicted molar refractivity (Wildman–Crippen MR) is 80.4 cm³/mol. The number of hydrogen-bond acceptors (Lipinski definition) is 5. The first-order valence-electron chi connectivity index (χ1n) is 7.25. The van der Waals surface area contributed by atoms with Gasteiger partial charge in [-0.2, -0.15) is 0 Å². The fourth-order valence-electron chi connectivity index (χ4n) is 2.22. The number of aromatic nitrogens is 1. The maximum absolute atomic E-state index is 12.1. The van der Waals surface area contributed by atoms with Crippen LogP contribution in [-0.4, -0.2) is 55.2 Å². The molecular weight excluding hydrogens is 274 g/mol. The maximum Gasteiger partial charge on any atom is 0.263 e. The van der Waals surface area contributed by atoms with Crippen molar-refractivity contribution in [2.45, 2.75) is 26.7 Å². The maximum atomic E-state index is 12.1. The summed E-state index contributed by atoms with van der Waals surface area (Å²) in [5.41, 5.74) is 0.849. The van der Waals surface area contributed by atoms with E-state index in [-0.39, 0.29) is 5.91 Å². The SMILES string of the molecule is CCCc1nc(C)c(C(=O)NCCN2CCOCC2)s1. The van der Waals surface area contributed by atoms with Gasteiger partial charge < -0.3 is 10.1 Å². The molecule has 1 aromatic rings. The number of hydrogen-bond donors (Lipinski definition) is 1. The van der Waals surface area contributed by atoms with Crippen molar-refractivity contribution < 1.29 is 9.53 Å². The van der Waals surface area contributed by atoms with Crippen molar-refractivity contribution in [3.05, 3.63) is 15.6 Å². The number of ether oxygens (including phenoxy) is 1. The lowest BCUT2D eigenvalue weighted by molar-refractivity contribution is 0.0383. The molecule has 0 spiro atoms. The molecule has 0 atom stereocenters. The molecule has 1 aliphatic rings. The molecule has 6 heteroatoms. The second-order valence-corrected chi connectivity index (χ2v) is 6.07. The summed E-state index contributed by atoms with van der Waals surface area (Å²) in [6.45, 7) is 9.09. The highest BCUT2D eigenvalue weighted by molar-refractivity contribution is 7.13. The fraction of sp³-hybridized carbons (Fsp3) is 0.714. The van der Waals surface area contributed by atoms with Crippen LogP contribution >= 0.6 is 11.3 Å². The molecular formula is C14H23N3O2S. The van der Waals surface area contributed by atoms with Crippen LogP contribution in [0.5, 0.6) is 0 Å². The number of carbonyl (C=O) groups is 1. The molecule has 1 N–H and O–H groups in total. The van der Waals surface area contributed by atoms with Crippen molar-refractivity contribution >= 4 is 17.2 Å². The monoisotopic (exact) mass is 297 g/mol. The molecule has 112 valence electrons. The molecule has 1 amide bonds. The van der Waals surface area contributed by atoms with Gasteiger partial charge >= 0.3 is 0 Å². The molecule has 0 aliphatic carbocycles. The molecule has 1 aromatic heterocycles. The van der Waals surface area contributed by atoms with Crippen LogP contribution in [0.4, 0.5) is 0 Å². The Bertz CT molecular complexity index is 442. The van der Waals surface area contributed by atoms with Crippen molar-refractivity contribution in [1.82, 2.24) is 15.2 Å². The van der Waals surface area contributed by atoms with Crippen molar-refractivity contribution in [2.75, 3.05) is 39.4 Å². The summed E-state index contributed by atoms with van der Waals surface area (Å²) >= 11 is 1.52. The minimum absolute atomic E-state index is 0.00983. The number of amides is 1. The second-order valence-electron chi connectivity index (χ2n) is 4.98. The quantitative estimate of drug-likeness (QED) is 0.864. The fourth-order valence-corrected chi connectivity index (χ4v) is 3.30. The molecule has 1 fully saturated rings. The van der Waals surface area contributed by atoms with E-state index in [1.165, 1.54) is 11.3 Å².